The molecule has 2 nitrogen and oxygen atoms in total. The second kappa shape index (κ2) is 3.88. The number of aromatic nitrogens is 1. The highest BCUT2D eigenvalue weighted by molar-refractivity contribution is 4.84. The standard InChI is InChI=1S/C11H17N2/c12-10-4-6-11(7-5-10)13-8-2-1-3-9-13/h1-3,8-11H,4-7,12H2/q+1. The Morgan fingerprint density at radius 3 is 2.15 bits per heavy atom. The predicted molar refractivity (Wildman–Crippen MR) is 52.1 cm³/mol. The quantitative estimate of drug-likeness (QED) is 0.646. The van der Waals surface area contributed by atoms with Gasteiger partial charge in [-0.3, -0.25) is 0 Å². The molecule has 70 valence electrons. The average molecular weight is 177 g/mol. The zero-order chi connectivity index (χ0) is 9.10. The van der Waals surface area contributed by atoms with E-state index in [9.17, 15) is 0 Å². The van der Waals surface area contributed by atoms with E-state index in [0.717, 1.165) is 0 Å². The predicted octanol–water partition coefficient (Wildman–Crippen LogP) is 1.42. The molecule has 1 heterocycles. The van der Waals surface area contributed by atoms with Crippen LogP contribution in [0.25, 0.3) is 0 Å². The van der Waals surface area contributed by atoms with Crippen molar-refractivity contribution >= 4 is 0 Å². The summed E-state index contributed by atoms with van der Waals surface area (Å²) < 4.78 is 2.31. The molecule has 0 aliphatic heterocycles. The van der Waals surface area contributed by atoms with E-state index in [0.29, 0.717) is 12.1 Å². The van der Waals surface area contributed by atoms with E-state index in [1.807, 2.05) is 0 Å². The molecule has 1 aliphatic carbocycles. The Morgan fingerprint density at radius 2 is 1.54 bits per heavy atom. The number of hydrogen-bond acceptors (Lipinski definition) is 1. The molecule has 0 unspecified atom stereocenters. The van der Waals surface area contributed by atoms with E-state index in [4.69, 9.17) is 5.73 Å². The Hall–Kier alpha value is -0.890. The van der Waals surface area contributed by atoms with Crippen LogP contribution in [0.5, 0.6) is 0 Å². The van der Waals surface area contributed by atoms with Crippen molar-refractivity contribution in [3.8, 4) is 0 Å². The molecule has 0 bridgehead atoms. The van der Waals surface area contributed by atoms with Crippen LogP contribution in [0.4, 0.5) is 0 Å². The molecule has 2 rings (SSSR count). The second-order valence-electron chi connectivity index (χ2n) is 3.89. The fraction of sp³-hybridized carbons (Fsp3) is 0.545. The first-order chi connectivity index (χ1) is 6.36. The van der Waals surface area contributed by atoms with Gasteiger partial charge in [0.1, 0.15) is 0 Å². The van der Waals surface area contributed by atoms with Gasteiger partial charge in [0.2, 0.25) is 0 Å². The SMILES string of the molecule is NC1CCC([n+]2ccccc2)CC1. The molecular formula is C11H17N2+. The fourth-order valence-corrected chi connectivity index (χ4v) is 2.06. The van der Waals surface area contributed by atoms with Crippen molar-refractivity contribution in [2.24, 2.45) is 5.73 Å². The molecule has 1 aromatic rings. The van der Waals surface area contributed by atoms with Crippen molar-refractivity contribution in [1.29, 1.82) is 0 Å². The van der Waals surface area contributed by atoms with Gasteiger partial charge < -0.3 is 5.73 Å². The Morgan fingerprint density at radius 1 is 0.923 bits per heavy atom. The van der Waals surface area contributed by atoms with E-state index in [1.165, 1.54) is 25.7 Å². The molecule has 13 heavy (non-hydrogen) atoms. The van der Waals surface area contributed by atoms with Crippen LogP contribution in [-0.2, 0) is 0 Å². The number of hydrogen-bond donors (Lipinski definition) is 1. The maximum atomic E-state index is 5.87. The lowest BCUT2D eigenvalue weighted by Crippen LogP contribution is -2.42. The molecule has 0 aromatic carbocycles. The van der Waals surface area contributed by atoms with Gasteiger partial charge in [-0.05, 0) is 12.8 Å². The molecule has 2 heteroatoms. The molecule has 0 spiro atoms. The number of pyridine rings is 1. The van der Waals surface area contributed by atoms with E-state index in [1.54, 1.807) is 0 Å². The third kappa shape index (κ3) is 2.07. The normalized spacial score (nSPS) is 28.7. The van der Waals surface area contributed by atoms with Crippen molar-refractivity contribution in [2.75, 3.05) is 0 Å². The summed E-state index contributed by atoms with van der Waals surface area (Å²) in [7, 11) is 0. The smallest absolute Gasteiger partial charge is 0.169 e. The third-order valence-electron chi connectivity index (χ3n) is 2.90. The molecule has 1 aliphatic rings. The molecule has 1 saturated carbocycles. The third-order valence-corrected chi connectivity index (χ3v) is 2.90. The first-order valence-corrected chi connectivity index (χ1v) is 5.07. The molecule has 2 N–H and O–H groups in total. The molecule has 0 amide bonds. The summed E-state index contributed by atoms with van der Waals surface area (Å²) >= 11 is 0. The van der Waals surface area contributed by atoms with Gasteiger partial charge in [0.15, 0.2) is 18.4 Å². The number of nitrogens with zero attached hydrogens (tertiary/aromatic N) is 1. The molecule has 1 fully saturated rings. The van der Waals surface area contributed by atoms with E-state index in [-0.39, 0.29) is 0 Å². The Bertz CT molecular complexity index is 250. The molecule has 0 saturated heterocycles. The minimum atomic E-state index is 0.445. The van der Waals surface area contributed by atoms with Crippen LogP contribution in [0.1, 0.15) is 31.7 Å². The van der Waals surface area contributed by atoms with Crippen molar-refractivity contribution in [1.82, 2.24) is 0 Å². The molecule has 0 radical (unpaired) electrons. The van der Waals surface area contributed by atoms with Gasteiger partial charge in [-0.25, -0.2) is 4.57 Å². The minimum Gasteiger partial charge on any atom is -0.328 e. The molecule has 0 atom stereocenters. The number of nitrogens with two attached hydrogens (primary N) is 1. The van der Waals surface area contributed by atoms with Crippen LogP contribution in [0.15, 0.2) is 30.6 Å². The number of rotatable bonds is 1. The van der Waals surface area contributed by atoms with Crippen LogP contribution in [0.3, 0.4) is 0 Å². The summed E-state index contributed by atoms with van der Waals surface area (Å²) in [5.74, 6) is 0. The van der Waals surface area contributed by atoms with Gasteiger partial charge in [-0.15, -0.1) is 0 Å². The zero-order valence-corrected chi connectivity index (χ0v) is 7.89. The summed E-state index contributed by atoms with van der Waals surface area (Å²) in [6.07, 6.45) is 9.12. The zero-order valence-electron chi connectivity index (χ0n) is 7.89. The topological polar surface area (TPSA) is 29.9 Å². The summed E-state index contributed by atoms with van der Waals surface area (Å²) in [4.78, 5) is 0. The van der Waals surface area contributed by atoms with Gasteiger partial charge in [0, 0.05) is 31.0 Å². The first kappa shape index (κ1) is 8.70. The first-order valence-electron chi connectivity index (χ1n) is 5.07. The summed E-state index contributed by atoms with van der Waals surface area (Å²) in [5.41, 5.74) is 5.87. The lowest BCUT2D eigenvalue weighted by atomic mass is 9.91. The van der Waals surface area contributed by atoms with Gasteiger partial charge in [0.05, 0.1) is 0 Å². The van der Waals surface area contributed by atoms with Crippen LogP contribution < -0.4 is 10.3 Å². The van der Waals surface area contributed by atoms with Crippen LogP contribution in [0.2, 0.25) is 0 Å². The molecule has 1 aromatic heterocycles. The highest BCUT2D eigenvalue weighted by Crippen LogP contribution is 2.22. The average Bonchev–Trinajstić information content (AvgIpc) is 2.20. The Kier molecular flexibility index (Phi) is 2.60. The van der Waals surface area contributed by atoms with Crippen LogP contribution in [-0.4, -0.2) is 6.04 Å². The second-order valence-corrected chi connectivity index (χ2v) is 3.89. The lowest BCUT2D eigenvalue weighted by Gasteiger charge is -2.22. The maximum absolute atomic E-state index is 5.87. The van der Waals surface area contributed by atoms with E-state index >= 15 is 0 Å². The van der Waals surface area contributed by atoms with E-state index < -0.39 is 0 Å². The van der Waals surface area contributed by atoms with Gasteiger partial charge >= 0.3 is 0 Å². The minimum absolute atomic E-state index is 0.445. The lowest BCUT2D eigenvalue weighted by molar-refractivity contribution is -0.725. The largest absolute Gasteiger partial charge is 0.328 e. The molecular weight excluding hydrogens is 160 g/mol. The van der Waals surface area contributed by atoms with Crippen LogP contribution in [0, 0.1) is 0 Å². The van der Waals surface area contributed by atoms with Crippen molar-refractivity contribution < 1.29 is 4.57 Å². The van der Waals surface area contributed by atoms with Gasteiger partial charge in [0.25, 0.3) is 0 Å². The fourth-order valence-electron chi connectivity index (χ4n) is 2.06. The van der Waals surface area contributed by atoms with Crippen molar-refractivity contribution in [2.45, 2.75) is 37.8 Å². The van der Waals surface area contributed by atoms with Crippen molar-refractivity contribution in [3.63, 3.8) is 0 Å². The highest BCUT2D eigenvalue weighted by atomic mass is 15.0. The van der Waals surface area contributed by atoms with Crippen LogP contribution >= 0.6 is 0 Å². The summed E-state index contributed by atoms with van der Waals surface area (Å²) in [6.45, 7) is 0. The van der Waals surface area contributed by atoms with E-state index in [2.05, 4.69) is 35.2 Å². The Labute approximate surface area is 79.4 Å². The Balaban J connectivity index is 2.03. The monoisotopic (exact) mass is 177 g/mol. The van der Waals surface area contributed by atoms with Gasteiger partial charge in [-0.1, -0.05) is 6.07 Å². The summed E-state index contributed by atoms with van der Waals surface area (Å²) in [6, 6.07) is 7.37. The summed E-state index contributed by atoms with van der Waals surface area (Å²) in [5, 5.41) is 0. The maximum Gasteiger partial charge on any atom is 0.169 e. The van der Waals surface area contributed by atoms with Crippen molar-refractivity contribution in [3.05, 3.63) is 30.6 Å². The highest BCUT2D eigenvalue weighted by Gasteiger charge is 2.24. The van der Waals surface area contributed by atoms with Gasteiger partial charge in [-0.2, -0.15) is 0 Å².